The molecule has 0 spiro atoms. The third-order valence-electron chi connectivity index (χ3n) is 3.44. The van der Waals surface area contributed by atoms with Crippen molar-refractivity contribution in [3.05, 3.63) is 29.8 Å². The fraction of sp³-hybridized carbons (Fsp3) is 0.467. The SMILES string of the molecule is CCCNC(=O)C(=O)NCC1(O)CCOc2ccccc21. The topological polar surface area (TPSA) is 87.7 Å². The molecule has 6 heteroatoms. The zero-order valence-corrected chi connectivity index (χ0v) is 12.0. The average molecular weight is 292 g/mol. The van der Waals surface area contributed by atoms with Gasteiger partial charge in [-0.15, -0.1) is 0 Å². The Morgan fingerprint density at radius 3 is 2.76 bits per heavy atom. The number of hydrogen-bond donors (Lipinski definition) is 3. The summed E-state index contributed by atoms with van der Waals surface area (Å²) < 4.78 is 5.47. The second-order valence-corrected chi connectivity index (χ2v) is 5.06. The molecular weight excluding hydrogens is 272 g/mol. The summed E-state index contributed by atoms with van der Waals surface area (Å²) in [7, 11) is 0. The van der Waals surface area contributed by atoms with Gasteiger partial charge < -0.3 is 20.5 Å². The predicted octanol–water partition coefficient (Wildman–Crippen LogP) is 0.299. The van der Waals surface area contributed by atoms with Crippen LogP contribution in [0.25, 0.3) is 0 Å². The van der Waals surface area contributed by atoms with Crippen molar-refractivity contribution < 1.29 is 19.4 Å². The van der Waals surface area contributed by atoms with Crippen molar-refractivity contribution in [3.63, 3.8) is 0 Å². The van der Waals surface area contributed by atoms with Gasteiger partial charge in [0.15, 0.2) is 0 Å². The number of benzene rings is 1. The Balaban J connectivity index is 2.00. The number of carbonyl (C=O) groups is 2. The first-order chi connectivity index (χ1) is 10.1. The van der Waals surface area contributed by atoms with E-state index >= 15 is 0 Å². The highest BCUT2D eigenvalue weighted by atomic mass is 16.5. The van der Waals surface area contributed by atoms with E-state index < -0.39 is 17.4 Å². The van der Waals surface area contributed by atoms with Crippen LogP contribution in [0.15, 0.2) is 24.3 Å². The van der Waals surface area contributed by atoms with Crippen molar-refractivity contribution in [3.8, 4) is 5.75 Å². The van der Waals surface area contributed by atoms with Crippen LogP contribution in [0.4, 0.5) is 0 Å². The van der Waals surface area contributed by atoms with E-state index in [0.29, 0.717) is 30.9 Å². The van der Waals surface area contributed by atoms with Crippen molar-refractivity contribution in [2.45, 2.75) is 25.4 Å². The van der Waals surface area contributed by atoms with Crippen molar-refractivity contribution in [2.75, 3.05) is 19.7 Å². The zero-order chi connectivity index (χ0) is 15.3. The average Bonchev–Trinajstić information content (AvgIpc) is 2.51. The highest BCUT2D eigenvalue weighted by molar-refractivity contribution is 6.35. The van der Waals surface area contributed by atoms with Crippen LogP contribution in [-0.2, 0) is 15.2 Å². The molecule has 1 aliphatic heterocycles. The first-order valence-electron chi connectivity index (χ1n) is 7.07. The van der Waals surface area contributed by atoms with Gasteiger partial charge in [0.1, 0.15) is 11.4 Å². The fourth-order valence-electron chi connectivity index (χ4n) is 2.25. The molecule has 0 aromatic heterocycles. The minimum atomic E-state index is -1.21. The molecule has 2 rings (SSSR count). The lowest BCUT2D eigenvalue weighted by Crippen LogP contribution is -2.48. The number of amides is 2. The maximum Gasteiger partial charge on any atom is 0.309 e. The minimum Gasteiger partial charge on any atom is -0.493 e. The number of fused-ring (bicyclic) bond motifs is 1. The largest absolute Gasteiger partial charge is 0.493 e. The molecule has 114 valence electrons. The quantitative estimate of drug-likeness (QED) is 0.697. The normalized spacial score (nSPS) is 20.1. The number of nitrogens with one attached hydrogen (secondary N) is 2. The molecule has 1 aliphatic rings. The number of carbonyl (C=O) groups excluding carboxylic acids is 2. The zero-order valence-electron chi connectivity index (χ0n) is 12.0. The third-order valence-corrected chi connectivity index (χ3v) is 3.44. The molecule has 0 aliphatic carbocycles. The van der Waals surface area contributed by atoms with Crippen molar-refractivity contribution in [2.24, 2.45) is 0 Å². The molecule has 2 amide bonds. The Morgan fingerprint density at radius 1 is 1.29 bits per heavy atom. The minimum absolute atomic E-state index is 0.0221. The maximum absolute atomic E-state index is 11.7. The van der Waals surface area contributed by atoms with E-state index in [2.05, 4.69) is 10.6 Å². The van der Waals surface area contributed by atoms with Crippen LogP contribution in [-0.4, -0.2) is 36.6 Å². The van der Waals surface area contributed by atoms with Gasteiger partial charge in [-0.1, -0.05) is 25.1 Å². The molecule has 21 heavy (non-hydrogen) atoms. The van der Waals surface area contributed by atoms with Crippen molar-refractivity contribution in [1.29, 1.82) is 0 Å². The molecule has 1 aromatic carbocycles. The number of aliphatic hydroxyl groups is 1. The standard InChI is InChI=1S/C15H20N2O4/c1-2-8-16-13(18)14(19)17-10-15(20)7-9-21-12-6-4-3-5-11(12)15/h3-6,20H,2,7-10H2,1H3,(H,16,18)(H,17,19). The van der Waals surface area contributed by atoms with Gasteiger partial charge in [0.05, 0.1) is 13.2 Å². The molecule has 6 nitrogen and oxygen atoms in total. The lowest BCUT2D eigenvalue weighted by molar-refractivity contribution is -0.140. The summed E-state index contributed by atoms with van der Waals surface area (Å²) in [6.45, 7) is 2.70. The predicted molar refractivity (Wildman–Crippen MR) is 76.8 cm³/mol. The van der Waals surface area contributed by atoms with Gasteiger partial charge in [0.2, 0.25) is 0 Å². The fourth-order valence-corrected chi connectivity index (χ4v) is 2.25. The molecule has 0 saturated heterocycles. The Labute approximate surface area is 123 Å². The van der Waals surface area contributed by atoms with E-state index in [1.54, 1.807) is 18.2 Å². The Kier molecular flexibility index (Phi) is 4.80. The first kappa shape index (κ1) is 15.3. The van der Waals surface area contributed by atoms with Crippen LogP contribution in [0.1, 0.15) is 25.3 Å². The smallest absolute Gasteiger partial charge is 0.309 e. The molecule has 0 radical (unpaired) electrons. The molecule has 1 unspecified atom stereocenters. The van der Waals surface area contributed by atoms with Gasteiger partial charge >= 0.3 is 11.8 Å². The molecular formula is C15H20N2O4. The number of para-hydroxylation sites is 1. The summed E-state index contributed by atoms with van der Waals surface area (Å²) in [5, 5.41) is 15.7. The lowest BCUT2D eigenvalue weighted by atomic mass is 9.88. The van der Waals surface area contributed by atoms with E-state index in [4.69, 9.17) is 4.74 Å². The maximum atomic E-state index is 11.7. The van der Waals surface area contributed by atoms with Gasteiger partial charge in [-0.2, -0.15) is 0 Å². The monoisotopic (exact) mass is 292 g/mol. The second-order valence-electron chi connectivity index (χ2n) is 5.06. The first-order valence-corrected chi connectivity index (χ1v) is 7.07. The van der Waals surface area contributed by atoms with Crippen LogP contribution < -0.4 is 15.4 Å². The van der Waals surface area contributed by atoms with E-state index in [1.807, 2.05) is 13.0 Å². The van der Waals surface area contributed by atoms with E-state index in [-0.39, 0.29) is 6.54 Å². The van der Waals surface area contributed by atoms with E-state index in [0.717, 1.165) is 6.42 Å². The van der Waals surface area contributed by atoms with E-state index in [1.165, 1.54) is 0 Å². The van der Waals surface area contributed by atoms with Crippen molar-refractivity contribution in [1.82, 2.24) is 10.6 Å². The molecule has 0 fully saturated rings. The summed E-state index contributed by atoms with van der Waals surface area (Å²) >= 11 is 0. The Bertz CT molecular complexity index is 532. The molecule has 3 N–H and O–H groups in total. The highest BCUT2D eigenvalue weighted by Crippen LogP contribution is 2.36. The summed E-state index contributed by atoms with van der Waals surface area (Å²) in [4.78, 5) is 23.2. The molecule has 1 heterocycles. The highest BCUT2D eigenvalue weighted by Gasteiger charge is 2.36. The van der Waals surface area contributed by atoms with E-state index in [9.17, 15) is 14.7 Å². The van der Waals surface area contributed by atoms with Crippen LogP contribution in [0.3, 0.4) is 0 Å². The molecule has 0 saturated carbocycles. The molecule has 1 atom stereocenters. The number of rotatable bonds is 4. The summed E-state index contributed by atoms with van der Waals surface area (Å²) in [6.07, 6.45) is 1.12. The number of hydrogen-bond acceptors (Lipinski definition) is 4. The molecule has 0 bridgehead atoms. The third kappa shape index (κ3) is 3.52. The summed E-state index contributed by atoms with van der Waals surface area (Å²) in [5.74, 6) is -0.808. The van der Waals surface area contributed by atoms with Crippen molar-refractivity contribution >= 4 is 11.8 Å². The van der Waals surface area contributed by atoms with Crippen LogP contribution in [0.2, 0.25) is 0 Å². The molecule has 1 aromatic rings. The Hall–Kier alpha value is -2.08. The van der Waals surface area contributed by atoms with Crippen LogP contribution >= 0.6 is 0 Å². The van der Waals surface area contributed by atoms with Gasteiger partial charge in [-0.25, -0.2) is 0 Å². The van der Waals surface area contributed by atoms with Gasteiger partial charge in [0.25, 0.3) is 0 Å². The summed E-state index contributed by atoms with van der Waals surface area (Å²) in [6, 6.07) is 7.16. The summed E-state index contributed by atoms with van der Waals surface area (Å²) in [5.41, 5.74) is -0.583. The second kappa shape index (κ2) is 6.58. The van der Waals surface area contributed by atoms with Gasteiger partial charge in [-0.05, 0) is 12.5 Å². The number of ether oxygens (including phenoxy) is 1. The van der Waals surface area contributed by atoms with Gasteiger partial charge in [0, 0.05) is 18.5 Å². The van der Waals surface area contributed by atoms with Gasteiger partial charge in [-0.3, -0.25) is 9.59 Å². The van der Waals surface area contributed by atoms with Crippen LogP contribution in [0.5, 0.6) is 5.75 Å². The lowest BCUT2D eigenvalue weighted by Gasteiger charge is -2.34. The Morgan fingerprint density at radius 2 is 2.00 bits per heavy atom. The van der Waals surface area contributed by atoms with Crippen LogP contribution in [0, 0.1) is 0 Å².